The molecule has 0 bridgehead atoms. The van der Waals surface area contributed by atoms with Crippen molar-refractivity contribution in [2.75, 3.05) is 32.7 Å². The Morgan fingerprint density at radius 2 is 1.15 bits per heavy atom. The molecule has 3 heterocycles. The summed E-state index contributed by atoms with van der Waals surface area (Å²) in [4.78, 5) is 36.1. The van der Waals surface area contributed by atoms with E-state index in [1.54, 1.807) is 0 Å². The zero-order valence-corrected chi connectivity index (χ0v) is 20.6. The second-order valence-corrected chi connectivity index (χ2v) is 9.34. The second kappa shape index (κ2) is 14.0. The third-order valence-electron chi connectivity index (χ3n) is 5.73. The molecule has 0 atom stereocenters. The van der Waals surface area contributed by atoms with Crippen LogP contribution in [-0.2, 0) is 20.9 Å². The van der Waals surface area contributed by atoms with Crippen LogP contribution in [0.15, 0.2) is 24.5 Å². The first kappa shape index (κ1) is 34.9. The van der Waals surface area contributed by atoms with E-state index in [1.165, 1.54) is 57.5 Å². The summed E-state index contributed by atoms with van der Waals surface area (Å²) in [7, 11) is 0. The first-order valence-corrected chi connectivity index (χ1v) is 11.4. The van der Waals surface area contributed by atoms with Crippen LogP contribution in [0.4, 0.5) is 39.5 Å². The summed E-state index contributed by atoms with van der Waals surface area (Å²) in [5, 5.41) is 21.4. The van der Waals surface area contributed by atoms with Gasteiger partial charge in [-0.1, -0.05) is 0 Å². The van der Waals surface area contributed by atoms with E-state index < -0.39 is 36.4 Å². The van der Waals surface area contributed by atoms with Crippen molar-refractivity contribution < 1.29 is 69.2 Å². The van der Waals surface area contributed by atoms with Crippen LogP contribution in [0.1, 0.15) is 24.8 Å². The molecule has 0 unspecified atom stereocenters. The Hall–Kier alpha value is -3.15. The number of carboxylic acid groups (broad SMARTS) is 3. The normalized spacial score (nSPS) is 18.6. The fourth-order valence-corrected chi connectivity index (χ4v) is 3.86. The van der Waals surface area contributed by atoms with Gasteiger partial charge in [0.15, 0.2) is 0 Å². The average molecular weight is 599 g/mol. The minimum absolute atomic E-state index is 0.641. The number of aromatic nitrogens is 1. The molecule has 0 radical (unpaired) electrons. The standard InChI is InChI=1S/C16H23N3.3C2HF3O2/c1-2-14(1)10-19-12-16(13-19)5-8-18(11-16)9-15-3-6-17-7-4-15;3*3-2(4,5)1(6)7/h3-4,6-7,14H,1-2,5,8-13H2;3*(H,6,7). The van der Waals surface area contributed by atoms with Gasteiger partial charge in [-0.2, -0.15) is 39.5 Å². The summed E-state index contributed by atoms with van der Waals surface area (Å²) >= 11 is 0. The quantitative estimate of drug-likeness (QED) is 0.441. The number of pyridine rings is 1. The molecule has 2 saturated heterocycles. The fraction of sp³-hybridized carbons (Fsp3) is 0.636. The van der Waals surface area contributed by atoms with Crippen molar-refractivity contribution in [3.05, 3.63) is 30.1 Å². The Kier molecular flexibility index (Phi) is 12.2. The number of nitrogens with zero attached hydrogens (tertiary/aromatic N) is 3. The molecule has 0 aromatic carbocycles. The van der Waals surface area contributed by atoms with E-state index >= 15 is 0 Å². The van der Waals surface area contributed by atoms with E-state index in [0.717, 1.165) is 12.5 Å². The van der Waals surface area contributed by atoms with Gasteiger partial charge in [0, 0.05) is 50.5 Å². The smallest absolute Gasteiger partial charge is 0.475 e. The predicted molar refractivity (Wildman–Crippen MR) is 117 cm³/mol. The van der Waals surface area contributed by atoms with Crippen LogP contribution in [0.2, 0.25) is 0 Å². The Morgan fingerprint density at radius 3 is 1.50 bits per heavy atom. The third-order valence-corrected chi connectivity index (χ3v) is 5.73. The van der Waals surface area contributed by atoms with Crippen molar-refractivity contribution in [2.45, 2.75) is 44.3 Å². The third kappa shape index (κ3) is 13.3. The molecule has 1 aliphatic carbocycles. The lowest BCUT2D eigenvalue weighted by Gasteiger charge is -2.48. The van der Waals surface area contributed by atoms with Gasteiger partial charge in [0.05, 0.1) is 0 Å². The van der Waals surface area contributed by atoms with E-state index in [9.17, 15) is 39.5 Å². The molecular weight excluding hydrogens is 573 g/mol. The topological polar surface area (TPSA) is 131 Å². The molecule has 9 nitrogen and oxygen atoms in total. The first-order valence-electron chi connectivity index (χ1n) is 11.4. The number of hydrogen-bond donors (Lipinski definition) is 3. The number of alkyl halides is 9. The SMILES string of the molecule is O=C(O)C(F)(F)F.O=C(O)C(F)(F)F.O=C(O)C(F)(F)F.c1cc(CN2CCC3(C2)CN(CC2CC2)C3)ccn1. The van der Waals surface area contributed by atoms with E-state index in [2.05, 4.69) is 26.9 Å². The summed E-state index contributed by atoms with van der Waals surface area (Å²) in [5.74, 6) is -7.22. The molecule has 1 saturated carbocycles. The highest BCUT2D eigenvalue weighted by molar-refractivity contribution is 5.73. The van der Waals surface area contributed by atoms with Crippen LogP contribution in [-0.4, -0.2) is 99.3 Å². The van der Waals surface area contributed by atoms with Crippen molar-refractivity contribution in [1.82, 2.24) is 14.8 Å². The van der Waals surface area contributed by atoms with E-state index in [4.69, 9.17) is 29.7 Å². The molecule has 2 aliphatic heterocycles. The Bertz CT molecular complexity index is 920. The van der Waals surface area contributed by atoms with Crippen molar-refractivity contribution in [1.29, 1.82) is 0 Å². The molecule has 0 amide bonds. The zero-order valence-electron chi connectivity index (χ0n) is 20.6. The lowest BCUT2D eigenvalue weighted by Crippen LogP contribution is -2.57. The van der Waals surface area contributed by atoms with Crippen LogP contribution in [0.5, 0.6) is 0 Å². The molecule has 3 aliphatic rings. The summed E-state index contributed by atoms with van der Waals surface area (Å²) in [5.41, 5.74) is 2.04. The van der Waals surface area contributed by atoms with Crippen molar-refractivity contribution >= 4 is 17.9 Å². The molecular formula is C22H26F9N3O6. The van der Waals surface area contributed by atoms with E-state index in [1.807, 2.05) is 12.4 Å². The second-order valence-electron chi connectivity index (χ2n) is 9.34. The zero-order chi connectivity index (χ0) is 30.9. The Morgan fingerprint density at radius 1 is 0.775 bits per heavy atom. The average Bonchev–Trinajstić information content (AvgIpc) is 3.51. The largest absolute Gasteiger partial charge is 0.490 e. The van der Waals surface area contributed by atoms with Crippen molar-refractivity contribution in [2.24, 2.45) is 11.3 Å². The number of likely N-dealkylation sites (tertiary alicyclic amines) is 2. The number of hydrogen-bond acceptors (Lipinski definition) is 6. The highest BCUT2D eigenvalue weighted by Crippen LogP contribution is 2.42. The van der Waals surface area contributed by atoms with Crippen LogP contribution >= 0.6 is 0 Å². The van der Waals surface area contributed by atoms with Crippen LogP contribution in [0.3, 0.4) is 0 Å². The maximum Gasteiger partial charge on any atom is 0.490 e. The summed E-state index contributed by atoms with van der Waals surface area (Å²) in [6, 6.07) is 4.29. The number of aliphatic carboxylic acids is 3. The minimum atomic E-state index is -5.08. The van der Waals surface area contributed by atoms with Gasteiger partial charge in [0.1, 0.15) is 0 Å². The van der Waals surface area contributed by atoms with Gasteiger partial charge in [0.2, 0.25) is 0 Å². The number of halogens is 9. The summed E-state index contributed by atoms with van der Waals surface area (Å²) in [6.45, 7) is 7.78. The molecule has 228 valence electrons. The van der Waals surface area contributed by atoms with Crippen molar-refractivity contribution in [3.8, 4) is 0 Å². The van der Waals surface area contributed by atoms with Crippen LogP contribution < -0.4 is 0 Å². The van der Waals surface area contributed by atoms with Crippen molar-refractivity contribution in [3.63, 3.8) is 0 Å². The highest BCUT2D eigenvalue weighted by Gasteiger charge is 2.48. The Balaban J connectivity index is 0.000000319. The monoisotopic (exact) mass is 599 g/mol. The molecule has 4 rings (SSSR count). The minimum Gasteiger partial charge on any atom is -0.475 e. The molecule has 3 fully saturated rings. The van der Waals surface area contributed by atoms with E-state index in [-0.39, 0.29) is 0 Å². The van der Waals surface area contributed by atoms with Gasteiger partial charge in [0.25, 0.3) is 0 Å². The number of carbonyl (C=O) groups is 3. The van der Waals surface area contributed by atoms with Crippen LogP contribution in [0.25, 0.3) is 0 Å². The molecule has 3 N–H and O–H groups in total. The lowest BCUT2D eigenvalue weighted by molar-refractivity contribution is -0.193. The molecule has 1 spiro atoms. The van der Waals surface area contributed by atoms with Gasteiger partial charge in [-0.15, -0.1) is 0 Å². The van der Waals surface area contributed by atoms with Gasteiger partial charge in [-0.05, 0) is 49.4 Å². The summed E-state index contributed by atoms with van der Waals surface area (Å²) < 4.78 is 95.2. The maximum atomic E-state index is 10.6. The lowest BCUT2D eigenvalue weighted by atomic mass is 9.79. The number of carboxylic acids is 3. The predicted octanol–water partition coefficient (Wildman–Crippen LogP) is 3.90. The van der Waals surface area contributed by atoms with Gasteiger partial charge in [-0.3, -0.25) is 9.88 Å². The van der Waals surface area contributed by atoms with Gasteiger partial charge >= 0.3 is 36.4 Å². The highest BCUT2D eigenvalue weighted by atomic mass is 19.4. The number of rotatable bonds is 4. The molecule has 18 heteroatoms. The van der Waals surface area contributed by atoms with Gasteiger partial charge < -0.3 is 20.2 Å². The summed E-state index contributed by atoms with van der Waals surface area (Å²) in [6.07, 6.45) is -7.07. The van der Waals surface area contributed by atoms with E-state index in [0.29, 0.717) is 5.41 Å². The maximum absolute atomic E-state index is 10.6. The molecule has 1 aromatic rings. The first-order chi connectivity index (χ1) is 18.1. The molecule has 1 aromatic heterocycles. The Labute approximate surface area is 221 Å². The van der Waals surface area contributed by atoms with Gasteiger partial charge in [-0.25, -0.2) is 14.4 Å². The van der Waals surface area contributed by atoms with Crippen LogP contribution in [0, 0.1) is 11.3 Å². The molecule has 40 heavy (non-hydrogen) atoms. The fourth-order valence-electron chi connectivity index (χ4n) is 3.86.